The molecule has 0 aromatic heterocycles. The van der Waals surface area contributed by atoms with Crippen LogP contribution in [0.5, 0.6) is 0 Å². The third-order valence-electron chi connectivity index (χ3n) is 7.65. The van der Waals surface area contributed by atoms with Crippen molar-refractivity contribution in [2.75, 3.05) is 6.54 Å². The second-order valence-electron chi connectivity index (χ2n) is 11.1. The predicted octanol–water partition coefficient (Wildman–Crippen LogP) is -2.43. The first-order valence-electron chi connectivity index (χ1n) is 14.7. The van der Waals surface area contributed by atoms with Crippen LogP contribution in [0.2, 0.25) is 0 Å². The van der Waals surface area contributed by atoms with Crippen molar-refractivity contribution in [2.45, 2.75) is 88.0 Å². The van der Waals surface area contributed by atoms with Gasteiger partial charge in [0.25, 0.3) is 0 Å². The Labute approximate surface area is 259 Å². The van der Waals surface area contributed by atoms with Gasteiger partial charge in [-0.1, -0.05) is 30.3 Å². The summed E-state index contributed by atoms with van der Waals surface area (Å²) in [6.07, 6.45) is 0.138. The monoisotopic (exact) mass is 629 g/mol. The molecule has 0 aliphatic carbocycles. The largest absolute Gasteiger partial charge is 0.480 e. The van der Waals surface area contributed by atoms with Crippen molar-refractivity contribution < 1.29 is 43.5 Å². The summed E-state index contributed by atoms with van der Waals surface area (Å²) in [6, 6.07) is 2.96. The molecule has 7 amide bonds. The van der Waals surface area contributed by atoms with E-state index in [4.69, 9.17) is 11.5 Å². The average Bonchev–Trinajstić information content (AvgIpc) is 3.66. The lowest BCUT2D eigenvalue weighted by Gasteiger charge is -2.30. The van der Waals surface area contributed by atoms with Crippen LogP contribution < -0.4 is 32.7 Å². The molecular weight excluding hydrogens is 590 g/mol. The number of primary amides is 2. The number of benzene rings is 1. The fraction of sp³-hybridized carbons (Fsp3) is 0.517. The molecule has 0 spiro atoms. The van der Waals surface area contributed by atoms with Crippen molar-refractivity contribution in [2.24, 2.45) is 11.5 Å². The molecule has 1 aromatic rings. The Balaban J connectivity index is 1.80. The van der Waals surface area contributed by atoms with Crippen LogP contribution in [-0.4, -0.2) is 94.1 Å². The SMILES string of the molecule is NC(=O)CC[C@H](NC(=O)[C@@H]1CCCN1C(=O)[C@H](Cc1ccccc1)NC(=O)[C@H](CCC(N)=O)NC(=O)[C@@H]1CCC(=O)N1)C(=O)O. The maximum absolute atomic E-state index is 13.9. The van der Waals surface area contributed by atoms with E-state index in [-0.39, 0.29) is 63.8 Å². The number of likely N-dealkylation sites (tertiary alicyclic amines) is 1. The van der Waals surface area contributed by atoms with Crippen molar-refractivity contribution in [1.82, 2.24) is 26.2 Å². The highest BCUT2D eigenvalue weighted by atomic mass is 16.4. The zero-order valence-electron chi connectivity index (χ0n) is 24.7. The third-order valence-corrected chi connectivity index (χ3v) is 7.65. The minimum Gasteiger partial charge on any atom is -0.480 e. The number of carbonyl (C=O) groups is 8. The van der Waals surface area contributed by atoms with Gasteiger partial charge >= 0.3 is 5.97 Å². The average molecular weight is 630 g/mol. The molecule has 9 N–H and O–H groups in total. The number of carboxylic acids is 1. The van der Waals surface area contributed by atoms with Crippen molar-refractivity contribution in [3.63, 3.8) is 0 Å². The topological polar surface area (TPSA) is 260 Å². The fourth-order valence-electron chi connectivity index (χ4n) is 5.28. The Hall–Kier alpha value is -5.02. The van der Waals surface area contributed by atoms with Gasteiger partial charge in [0.1, 0.15) is 30.2 Å². The molecule has 0 saturated carbocycles. The summed E-state index contributed by atoms with van der Waals surface area (Å²) in [7, 11) is 0. The highest BCUT2D eigenvalue weighted by Crippen LogP contribution is 2.21. The second kappa shape index (κ2) is 16.2. The van der Waals surface area contributed by atoms with Crippen molar-refractivity contribution in [3.8, 4) is 0 Å². The summed E-state index contributed by atoms with van der Waals surface area (Å²) in [6.45, 7) is 0.153. The van der Waals surface area contributed by atoms with Crippen LogP contribution >= 0.6 is 0 Å². The van der Waals surface area contributed by atoms with Crippen LogP contribution in [0.1, 0.15) is 56.9 Å². The predicted molar refractivity (Wildman–Crippen MR) is 156 cm³/mol. The molecule has 2 aliphatic rings. The smallest absolute Gasteiger partial charge is 0.326 e. The van der Waals surface area contributed by atoms with Crippen LogP contribution in [0.4, 0.5) is 0 Å². The quantitative estimate of drug-likeness (QED) is 0.102. The number of hydrogen-bond acceptors (Lipinski definition) is 8. The molecule has 45 heavy (non-hydrogen) atoms. The molecule has 5 atom stereocenters. The number of amides is 7. The molecular formula is C29H39N7O9. The summed E-state index contributed by atoms with van der Waals surface area (Å²) in [5, 5.41) is 19.6. The number of carboxylic acid groups (broad SMARTS) is 1. The van der Waals surface area contributed by atoms with Gasteiger partial charge in [-0.3, -0.25) is 33.6 Å². The van der Waals surface area contributed by atoms with E-state index in [1.54, 1.807) is 30.3 Å². The summed E-state index contributed by atoms with van der Waals surface area (Å²) in [4.78, 5) is 101. The number of rotatable bonds is 16. The van der Waals surface area contributed by atoms with Crippen LogP contribution in [0.15, 0.2) is 30.3 Å². The first-order valence-corrected chi connectivity index (χ1v) is 14.7. The zero-order chi connectivity index (χ0) is 33.1. The molecule has 1 aromatic carbocycles. The standard InChI is InChI=1S/C29H39N7O9/c30-22(37)11-8-18(33-25(40)17-10-13-24(39)32-17)26(41)35-20(15-16-5-2-1-3-6-16)28(43)36-14-4-7-21(36)27(42)34-19(29(44)45)9-12-23(31)38/h1-3,5-6,17-21H,4,7-15H2,(H2,30,37)(H2,31,38)(H,32,39)(H,33,40)(H,34,42)(H,35,41)(H,44,45)/t17-,18-,19-,20-,21-/m0/s1. The number of aliphatic carboxylic acids is 1. The Morgan fingerprint density at radius 1 is 0.867 bits per heavy atom. The maximum atomic E-state index is 13.9. The number of nitrogens with one attached hydrogen (secondary N) is 4. The van der Waals surface area contributed by atoms with E-state index in [0.29, 0.717) is 12.0 Å². The number of hydrogen-bond donors (Lipinski definition) is 7. The first-order chi connectivity index (χ1) is 21.3. The normalized spacial score (nSPS) is 19.5. The summed E-state index contributed by atoms with van der Waals surface area (Å²) in [5.41, 5.74) is 11.1. The van der Waals surface area contributed by atoms with E-state index in [0.717, 1.165) is 0 Å². The van der Waals surface area contributed by atoms with Crippen molar-refractivity contribution >= 4 is 47.3 Å². The molecule has 0 unspecified atom stereocenters. The van der Waals surface area contributed by atoms with Crippen LogP contribution in [0, 0.1) is 0 Å². The molecule has 3 rings (SSSR count). The van der Waals surface area contributed by atoms with Crippen LogP contribution in [-0.2, 0) is 44.8 Å². The fourth-order valence-corrected chi connectivity index (χ4v) is 5.28. The van der Waals surface area contributed by atoms with Gasteiger partial charge in [0, 0.05) is 32.2 Å². The molecule has 2 fully saturated rings. The number of nitrogens with two attached hydrogens (primary N) is 2. The lowest BCUT2D eigenvalue weighted by molar-refractivity contribution is -0.145. The van der Waals surface area contributed by atoms with E-state index in [2.05, 4.69) is 21.3 Å². The van der Waals surface area contributed by atoms with E-state index >= 15 is 0 Å². The lowest BCUT2D eigenvalue weighted by atomic mass is 10.0. The van der Waals surface area contributed by atoms with Crippen molar-refractivity contribution in [3.05, 3.63) is 35.9 Å². The maximum Gasteiger partial charge on any atom is 0.326 e. The summed E-state index contributed by atoms with van der Waals surface area (Å²) < 4.78 is 0. The van der Waals surface area contributed by atoms with Gasteiger partial charge in [-0.05, 0) is 37.7 Å². The van der Waals surface area contributed by atoms with Gasteiger partial charge < -0.3 is 42.7 Å². The van der Waals surface area contributed by atoms with Gasteiger partial charge in [-0.2, -0.15) is 0 Å². The molecule has 2 heterocycles. The van der Waals surface area contributed by atoms with Gasteiger partial charge in [0.05, 0.1) is 0 Å². The highest BCUT2D eigenvalue weighted by Gasteiger charge is 2.40. The zero-order valence-corrected chi connectivity index (χ0v) is 24.7. The molecule has 0 radical (unpaired) electrons. The molecule has 16 heteroatoms. The molecule has 2 saturated heterocycles. The van der Waals surface area contributed by atoms with Gasteiger partial charge in [-0.15, -0.1) is 0 Å². The van der Waals surface area contributed by atoms with Crippen LogP contribution in [0.25, 0.3) is 0 Å². The Morgan fingerprint density at radius 3 is 2.07 bits per heavy atom. The number of nitrogens with zero attached hydrogens (tertiary/aromatic N) is 1. The van der Waals surface area contributed by atoms with E-state index in [9.17, 15) is 43.5 Å². The molecule has 16 nitrogen and oxygen atoms in total. The Morgan fingerprint density at radius 2 is 1.49 bits per heavy atom. The lowest BCUT2D eigenvalue weighted by Crippen LogP contribution is -2.58. The van der Waals surface area contributed by atoms with E-state index in [1.165, 1.54) is 4.90 Å². The number of carbonyl (C=O) groups excluding carboxylic acids is 7. The summed E-state index contributed by atoms with van der Waals surface area (Å²) in [5.74, 6) is -5.87. The minimum absolute atomic E-state index is 0.0157. The first kappa shape index (κ1) is 34.5. The molecule has 2 aliphatic heterocycles. The Bertz CT molecular complexity index is 1310. The van der Waals surface area contributed by atoms with Gasteiger partial charge in [0.2, 0.25) is 41.4 Å². The van der Waals surface area contributed by atoms with E-state index < -0.39 is 71.6 Å². The van der Waals surface area contributed by atoms with Crippen LogP contribution in [0.3, 0.4) is 0 Å². The second-order valence-corrected chi connectivity index (χ2v) is 11.1. The van der Waals surface area contributed by atoms with Crippen molar-refractivity contribution in [1.29, 1.82) is 0 Å². The van der Waals surface area contributed by atoms with Gasteiger partial charge in [-0.25, -0.2) is 4.79 Å². The molecule has 0 bridgehead atoms. The third kappa shape index (κ3) is 10.3. The van der Waals surface area contributed by atoms with E-state index in [1.807, 2.05) is 0 Å². The molecule has 244 valence electrons. The van der Waals surface area contributed by atoms with Gasteiger partial charge in [0.15, 0.2) is 0 Å². The highest BCUT2D eigenvalue weighted by molar-refractivity contribution is 5.97. The Kier molecular flexibility index (Phi) is 12.4. The minimum atomic E-state index is -1.40. The summed E-state index contributed by atoms with van der Waals surface area (Å²) >= 11 is 0.